The Balaban J connectivity index is 1.54. The lowest BCUT2D eigenvalue weighted by atomic mass is 10.1. The van der Waals surface area contributed by atoms with E-state index in [1.54, 1.807) is 26.5 Å². The first-order chi connectivity index (χ1) is 14.2. The van der Waals surface area contributed by atoms with Crippen LogP contribution in [-0.2, 0) is 13.0 Å². The van der Waals surface area contributed by atoms with Gasteiger partial charge in [0.2, 0.25) is 5.95 Å². The van der Waals surface area contributed by atoms with E-state index >= 15 is 0 Å². The smallest absolute Gasteiger partial charge is 0.270 e. The second kappa shape index (κ2) is 10.1. The van der Waals surface area contributed by atoms with Crippen LogP contribution in [0.1, 0.15) is 21.6 Å². The van der Waals surface area contributed by atoms with Gasteiger partial charge in [-0.25, -0.2) is 9.97 Å². The average Bonchev–Trinajstić information content (AvgIpc) is 2.78. The molecule has 0 saturated heterocycles. The van der Waals surface area contributed by atoms with Crippen molar-refractivity contribution in [3.63, 3.8) is 0 Å². The molecule has 0 aliphatic carbocycles. The summed E-state index contributed by atoms with van der Waals surface area (Å²) in [6.07, 6.45) is 2.32. The van der Waals surface area contributed by atoms with Crippen molar-refractivity contribution in [1.29, 1.82) is 0 Å². The van der Waals surface area contributed by atoms with Crippen LogP contribution in [0.2, 0.25) is 0 Å². The SMILES string of the molecule is COc1ccc(CCNc2nccc(C(=O)NCc3ccccc3)n2)cc1OC. The number of amides is 1. The molecule has 7 heteroatoms. The molecule has 2 N–H and O–H groups in total. The van der Waals surface area contributed by atoms with Crippen molar-refractivity contribution in [2.45, 2.75) is 13.0 Å². The third-order valence-electron chi connectivity index (χ3n) is 4.33. The predicted molar refractivity (Wildman–Crippen MR) is 111 cm³/mol. The number of ether oxygens (including phenoxy) is 2. The summed E-state index contributed by atoms with van der Waals surface area (Å²) < 4.78 is 10.6. The van der Waals surface area contributed by atoms with Gasteiger partial charge in [-0.3, -0.25) is 4.79 Å². The second-order valence-electron chi connectivity index (χ2n) is 6.30. The number of aromatic nitrogens is 2. The fourth-order valence-corrected chi connectivity index (χ4v) is 2.79. The van der Waals surface area contributed by atoms with Gasteiger partial charge in [0.25, 0.3) is 5.91 Å². The van der Waals surface area contributed by atoms with E-state index in [0.717, 1.165) is 17.5 Å². The Morgan fingerprint density at radius 1 is 0.966 bits per heavy atom. The molecule has 2 aromatic carbocycles. The molecule has 0 unspecified atom stereocenters. The average molecular weight is 392 g/mol. The van der Waals surface area contributed by atoms with Gasteiger partial charge in [0.05, 0.1) is 14.2 Å². The Labute approximate surface area is 170 Å². The van der Waals surface area contributed by atoms with Crippen LogP contribution in [0.3, 0.4) is 0 Å². The molecule has 3 aromatic rings. The summed E-state index contributed by atoms with van der Waals surface area (Å²) in [6, 6.07) is 17.1. The highest BCUT2D eigenvalue weighted by atomic mass is 16.5. The number of hydrogen-bond donors (Lipinski definition) is 2. The third-order valence-corrected chi connectivity index (χ3v) is 4.33. The van der Waals surface area contributed by atoms with E-state index < -0.39 is 0 Å². The molecule has 1 amide bonds. The molecule has 0 bridgehead atoms. The van der Waals surface area contributed by atoms with Crippen molar-refractivity contribution in [1.82, 2.24) is 15.3 Å². The largest absolute Gasteiger partial charge is 0.493 e. The first kappa shape index (κ1) is 20.1. The molecular weight excluding hydrogens is 368 g/mol. The normalized spacial score (nSPS) is 10.3. The van der Waals surface area contributed by atoms with E-state index in [4.69, 9.17) is 9.47 Å². The van der Waals surface area contributed by atoms with Gasteiger partial charge in [0, 0.05) is 19.3 Å². The fourth-order valence-electron chi connectivity index (χ4n) is 2.79. The molecule has 0 aliphatic heterocycles. The highest BCUT2D eigenvalue weighted by Gasteiger charge is 2.09. The number of anilines is 1. The van der Waals surface area contributed by atoms with E-state index in [-0.39, 0.29) is 5.91 Å². The number of methoxy groups -OCH3 is 2. The Kier molecular flexibility index (Phi) is 7.00. The molecule has 0 aliphatic rings. The van der Waals surface area contributed by atoms with E-state index in [9.17, 15) is 4.79 Å². The summed E-state index contributed by atoms with van der Waals surface area (Å²) in [7, 11) is 3.22. The zero-order chi connectivity index (χ0) is 20.5. The lowest BCUT2D eigenvalue weighted by Crippen LogP contribution is -2.24. The van der Waals surface area contributed by atoms with Crippen LogP contribution < -0.4 is 20.1 Å². The molecule has 29 heavy (non-hydrogen) atoms. The molecule has 0 spiro atoms. The van der Waals surface area contributed by atoms with Gasteiger partial charge in [-0.05, 0) is 35.7 Å². The molecule has 7 nitrogen and oxygen atoms in total. The topological polar surface area (TPSA) is 85.4 Å². The van der Waals surface area contributed by atoms with Crippen LogP contribution in [0.25, 0.3) is 0 Å². The maximum atomic E-state index is 12.3. The van der Waals surface area contributed by atoms with Crippen LogP contribution in [0.15, 0.2) is 60.8 Å². The fraction of sp³-hybridized carbons (Fsp3) is 0.227. The van der Waals surface area contributed by atoms with Crippen LogP contribution in [0.4, 0.5) is 5.95 Å². The summed E-state index contributed by atoms with van der Waals surface area (Å²) in [5, 5.41) is 6.02. The predicted octanol–water partition coefficient (Wildman–Crippen LogP) is 3.08. The number of benzene rings is 2. The van der Waals surface area contributed by atoms with Gasteiger partial charge in [-0.2, -0.15) is 0 Å². The molecule has 3 rings (SSSR count). The number of nitrogens with one attached hydrogen (secondary N) is 2. The molecule has 150 valence electrons. The molecule has 0 fully saturated rings. The minimum absolute atomic E-state index is 0.237. The lowest BCUT2D eigenvalue weighted by Gasteiger charge is -2.10. The van der Waals surface area contributed by atoms with Crippen molar-refractivity contribution in [3.05, 3.63) is 77.6 Å². The minimum Gasteiger partial charge on any atom is -0.493 e. The zero-order valence-electron chi connectivity index (χ0n) is 16.5. The van der Waals surface area contributed by atoms with E-state index in [1.165, 1.54) is 0 Å². The number of carbonyl (C=O) groups is 1. The molecule has 1 heterocycles. The Morgan fingerprint density at radius 3 is 2.52 bits per heavy atom. The summed E-state index contributed by atoms with van der Waals surface area (Å²) in [5.74, 6) is 1.57. The second-order valence-corrected chi connectivity index (χ2v) is 6.30. The highest BCUT2D eigenvalue weighted by molar-refractivity contribution is 5.92. The standard InChI is InChI=1S/C22H24N4O3/c1-28-19-9-8-16(14-20(19)29-2)10-12-23-22-24-13-11-18(26-22)21(27)25-15-17-6-4-3-5-7-17/h3-9,11,13-14H,10,12,15H2,1-2H3,(H,25,27)(H,23,24,26). The number of nitrogens with zero attached hydrogens (tertiary/aromatic N) is 2. The summed E-state index contributed by atoms with van der Waals surface area (Å²) >= 11 is 0. The van der Waals surface area contributed by atoms with Crippen LogP contribution >= 0.6 is 0 Å². The molecular formula is C22H24N4O3. The van der Waals surface area contributed by atoms with Crippen molar-refractivity contribution >= 4 is 11.9 Å². The van der Waals surface area contributed by atoms with Gasteiger partial charge < -0.3 is 20.1 Å². The quantitative estimate of drug-likeness (QED) is 0.582. The molecule has 0 atom stereocenters. The number of rotatable bonds is 9. The third kappa shape index (κ3) is 5.68. The van der Waals surface area contributed by atoms with Crippen LogP contribution in [0, 0.1) is 0 Å². The molecule has 0 radical (unpaired) electrons. The Morgan fingerprint density at radius 2 is 1.76 bits per heavy atom. The first-order valence-electron chi connectivity index (χ1n) is 9.29. The van der Waals surface area contributed by atoms with Gasteiger partial charge in [0.15, 0.2) is 11.5 Å². The number of carbonyl (C=O) groups excluding carboxylic acids is 1. The Bertz CT molecular complexity index is 948. The van der Waals surface area contributed by atoms with Gasteiger partial charge in [-0.1, -0.05) is 36.4 Å². The van der Waals surface area contributed by atoms with Gasteiger partial charge in [0.1, 0.15) is 5.69 Å². The van der Waals surface area contributed by atoms with E-state index in [1.807, 2.05) is 48.5 Å². The maximum Gasteiger partial charge on any atom is 0.270 e. The van der Waals surface area contributed by atoms with Crippen LogP contribution in [0.5, 0.6) is 11.5 Å². The Hall–Kier alpha value is -3.61. The summed E-state index contributed by atoms with van der Waals surface area (Å²) in [6.45, 7) is 1.07. The lowest BCUT2D eigenvalue weighted by molar-refractivity contribution is 0.0946. The number of hydrogen-bond acceptors (Lipinski definition) is 6. The van der Waals surface area contributed by atoms with E-state index in [0.29, 0.717) is 36.2 Å². The first-order valence-corrected chi connectivity index (χ1v) is 9.29. The van der Waals surface area contributed by atoms with Crippen molar-refractivity contribution < 1.29 is 14.3 Å². The zero-order valence-corrected chi connectivity index (χ0v) is 16.5. The van der Waals surface area contributed by atoms with Crippen LogP contribution in [-0.4, -0.2) is 36.6 Å². The van der Waals surface area contributed by atoms with E-state index in [2.05, 4.69) is 20.6 Å². The molecule has 0 saturated carbocycles. The van der Waals surface area contributed by atoms with Gasteiger partial charge >= 0.3 is 0 Å². The highest BCUT2D eigenvalue weighted by Crippen LogP contribution is 2.27. The molecule has 1 aromatic heterocycles. The van der Waals surface area contributed by atoms with Gasteiger partial charge in [-0.15, -0.1) is 0 Å². The monoisotopic (exact) mass is 392 g/mol. The maximum absolute atomic E-state index is 12.3. The summed E-state index contributed by atoms with van der Waals surface area (Å²) in [4.78, 5) is 20.8. The summed E-state index contributed by atoms with van der Waals surface area (Å²) in [5.41, 5.74) is 2.44. The van der Waals surface area contributed by atoms with Crippen molar-refractivity contribution in [3.8, 4) is 11.5 Å². The van der Waals surface area contributed by atoms with Crippen molar-refractivity contribution in [2.24, 2.45) is 0 Å². The minimum atomic E-state index is -0.237. The van der Waals surface area contributed by atoms with Crippen molar-refractivity contribution in [2.75, 3.05) is 26.1 Å².